The van der Waals surface area contributed by atoms with Crippen molar-refractivity contribution in [3.63, 3.8) is 0 Å². The summed E-state index contributed by atoms with van der Waals surface area (Å²) < 4.78 is 5.22. The molecule has 1 unspecified atom stereocenters. The average molecular weight is 537 g/mol. The number of benzene rings is 1. The molecule has 0 radical (unpaired) electrons. The number of hydrogen-bond acceptors (Lipinski definition) is 7. The van der Waals surface area contributed by atoms with Crippen LogP contribution in [0.2, 0.25) is 0 Å². The lowest BCUT2D eigenvalue weighted by Crippen LogP contribution is -2.60. The largest absolute Gasteiger partial charge is 0.445 e. The first-order valence-electron chi connectivity index (χ1n) is 12.4. The van der Waals surface area contributed by atoms with Crippen molar-refractivity contribution in [1.29, 1.82) is 0 Å². The van der Waals surface area contributed by atoms with E-state index in [1.54, 1.807) is 0 Å². The Hall–Kier alpha value is -2.63. The van der Waals surface area contributed by atoms with Gasteiger partial charge in [0.1, 0.15) is 24.4 Å². The van der Waals surface area contributed by atoms with Gasteiger partial charge in [-0.25, -0.2) is 4.79 Å². The van der Waals surface area contributed by atoms with Gasteiger partial charge in [0.15, 0.2) is 0 Å². The van der Waals surface area contributed by atoms with Crippen LogP contribution in [-0.2, 0) is 25.7 Å². The zero-order valence-electron chi connectivity index (χ0n) is 22.2. The highest BCUT2D eigenvalue weighted by atomic mass is 32.1. The highest BCUT2D eigenvalue weighted by Crippen LogP contribution is 2.23. The summed E-state index contributed by atoms with van der Waals surface area (Å²) in [6.07, 6.45) is -0.369. The van der Waals surface area contributed by atoms with Crippen LogP contribution < -0.4 is 21.3 Å². The highest BCUT2D eigenvalue weighted by molar-refractivity contribution is 7.96. The summed E-state index contributed by atoms with van der Waals surface area (Å²) in [4.78, 5) is 50.8. The summed E-state index contributed by atoms with van der Waals surface area (Å²) in [7, 11) is 0. The Morgan fingerprint density at radius 3 is 2.27 bits per heavy atom. The van der Waals surface area contributed by atoms with Crippen LogP contribution >= 0.6 is 12.6 Å². The molecule has 1 saturated heterocycles. The van der Waals surface area contributed by atoms with Gasteiger partial charge in [0.25, 0.3) is 0 Å². The van der Waals surface area contributed by atoms with Gasteiger partial charge in [-0.1, -0.05) is 51.1 Å². The second kappa shape index (κ2) is 13.3. The third-order valence-electron chi connectivity index (χ3n) is 6.10. The molecular weight excluding hydrogens is 496 g/mol. The average Bonchev–Trinajstić information content (AvgIpc) is 3.20. The van der Waals surface area contributed by atoms with Crippen LogP contribution in [0, 0.1) is 11.3 Å². The minimum atomic E-state index is -1.39. The predicted octanol–water partition coefficient (Wildman–Crippen LogP) is 1.87. The Morgan fingerprint density at radius 1 is 1.08 bits per heavy atom. The minimum absolute atomic E-state index is 0.0454. The number of aliphatic hydroxyl groups excluding tert-OH is 1. The molecule has 206 valence electrons. The highest BCUT2D eigenvalue weighted by Gasteiger charge is 2.37. The van der Waals surface area contributed by atoms with Gasteiger partial charge in [-0.15, -0.1) is 12.6 Å². The summed E-state index contributed by atoms with van der Waals surface area (Å²) in [6, 6.07) is 7.23. The van der Waals surface area contributed by atoms with Crippen molar-refractivity contribution in [3.8, 4) is 0 Å². The Kier molecular flexibility index (Phi) is 11.0. The van der Waals surface area contributed by atoms with Crippen LogP contribution in [0.3, 0.4) is 0 Å². The van der Waals surface area contributed by atoms with E-state index in [1.165, 1.54) is 13.8 Å². The number of nitrogens with one attached hydrogen (secondary N) is 4. The molecule has 1 fully saturated rings. The van der Waals surface area contributed by atoms with E-state index in [4.69, 9.17) is 4.74 Å². The lowest BCUT2D eigenvalue weighted by molar-refractivity contribution is -0.133. The van der Waals surface area contributed by atoms with Crippen molar-refractivity contribution in [1.82, 2.24) is 21.3 Å². The Bertz CT molecular complexity index is 950. The molecule has 1 aliphatic rings. The van der Waals surface area contributed by atoms with E-state index in [1.807, 2.05) is 51.1 Å². The number of amides is 3. The Labute approximate surface area is 224 Å². The standard InChI is InChI=1S/C26H40N4O6S/c1-25(2,3)14-19(21(32)28-18(22(33)37)13-17-11-12-27-20(17)31)29-23(34)26(4,5)30-24(35)36-15-16-9-7-6-8-10-16/h6-10,17-20,27,31H,11-15H2,1-5H3,(H,28,32)(H,29,34)(H,30,35)(H,33,37)/t17-,18-,19-,20?/m0/s1. The van der Waals surface area contributed by atoms with Crippen molar-refractivity contribution < 1.29 is 29.0 Å². The summed E-state index contributed by atoms with van der Waals surface area (Å²) in [5.41, 5.74) is -0.924. The summed E-state index contributed by atoms with van der Waals surface area (Å²) in [5, 5.41) is 20.4. The number of ether oxygens (including phenoxy) is 1. The fourth-order valence-corrected chi connectivity index (χ4v) is 4.19. The first-order chi connectivity index (χ1) is 17.2. The minimum Gasteiger partial charge on any atom is -0.445 e. The fraction of sp³-hybridized carbons (Fsp3) is 0.615. The number of rotatable bonds is 11. The molecule has 0 aliphatic carbocycles. The van der Waals surface area contributed by atoms with Crippen molar-refractivity contribution >= 4 is 35.7 Å². The molecular formula is C26H40N4O6S. The number of carbonyl (C=O) groups excluding carboxylic acids is 4. The Balaban J connectivity index is 2.04. The third kappa shape index (κ3) is 10.3. The van der Waals surface area contributed by atoms with E-state index in [-0.39, 0.29) is 30.8 Å². The number of aliphatic hydroxyl groups is 1. The van der Waals surface area contributed by atoms with Gasteiger partial charge in [0.05, 0.1) is 6.04 Å². The monoisotopic (exact) mass is 536 g/mol. The van der Waals surface area contributed by atoms with Gasteiger partial charge in [-0.3, -0.25) is 19.7 Å². The molecule has 0 bridgehead atoms. The SMILES string of the molecule is CC(C)(C)C[C@H](NC(=O)C(C)(C)NC(=O)OCc1ccccc1)C(=O)N[C@@H](C[C@@H]1CCNC1O)C(=O)S. The normalized spacial score (nSPS) is 19.4. The molecule has 5 N–H and O–H groups in total. The lowest BCUT2D eigenvalue weighted by atomic mass is 9.87. The van der Waals surface area contributed by atoms with E-state index in [9.17, 15) is 24.3 Å². The smallest absolute Gasteiger partial charge is 0.408 e. The van der Waals surface area contributed by atoms with E-state index in [0.717, 1.165) is 5.56 Å². The molecule has 0 saturated carbocycles. The van der Waals surface area contributed by atoms with E-state index >= 15 is 0 Å². The Morgan fingerprint density at radius 2 is 1.73 bits per heavy atom. The molecule has 0 aromatic heterocycles. The number of alkyl carbamates (subject to hydrolysis) is 1. The van der Waals surface area contributed by atoms with Crippen LogP contribution in [0.5, 0.6) is 0 Å². The predicted molar refractivity (Wildman–Crippen MR) is 143 cm³/mol. The molecule has 1 aromatic carbocycles. The van der Waals surface area contributed by atoms with Crippen LogP contribution in [0.1, 0.15) is 59.4 Å². The summed E-state index contributed by atoms with van der Waals surface area (Å²) >= 11 is 3.92. The van der Waals surface area contributed by atoms with E-state index in [0.29, 0.717) is 13.0 Å². The molecule has 0 spiro atoms. The first-order valence-corrected chi connectivity index (χ1v) is 12.9. The maximum absolute atomic E-state index is 13.2. The maximum Gasteiger partial charge on any atom is 0.408 e. The second-order valence-electron chi connectivity index (χ2n) is 11.2. The number of carbonyl (C=O) groups is 4. The molecule has 37 heavy (non-hydrogen) atoms. The van der Waals surface area contributed by atoms with Gasteiger partial charge in [-0.05, 0) is 50.6 Å². The zero-order valence-corrected chi connectivity index (χ0v) is 23.1. The fourth-order valence-electron chi connectivity index (χ4n) is 4.02. The molecule has 1 aliphatic heterocycles. The summed E-state index contributed by atoms with van der Waals surface area (Å²) in [6.45, 7) is 9.44. The van der Waals surface area contributed by atoms with Gasteiger partial charge >= 0.3 is 6.09 Å². The molecule has 3 amide bonds. The van der Waals surface area contributed by atoms with Crippen LogP contribution in [0.4, 0.5) is 4.79 Å². The van der Waals surface area contributed by atoms with E-state index < -0.39 is 46.9 Å². The van der Waals surface area contributed by atoms with Crippen LogP contribution in [0.15, 0.2) is 30.3 Å². The van der Waals surface area contributed by atoms with Crippen molar-refractivity contribution in [2.24, 2.45) is 11.3 Å². The third-order valence-corrected chi connectivity index (χ3v) is 6.41. The number of thiol groups is 1. The molecule has 2 rings (SSSR count). The van der Waals surface area contributed by atoms with E-state index in [2.05, 4.69) is 33.9 Å². The maximum atomic E-state index is 13.2. The molecule has 10 nitrogen and oxygen atoms in total. The summed E-state index contributed by atoms with van der Waals surface area (Å²) in [5.74, 6) is -1.33. The van der Waals surface area contributed by atoms with Crippen LogP contribution in [0.25, 0.3) is 0 Å². The van der Waals surface area contributed by atoms with Gasteiger partial charge in [0.2, 0.25) is 16.9 Å². The molecule has 1 aromatic rings. The van der Waals surface area contributed by atoms with Crippen LogP contribution in [-0.4, -0.2) is 58.5 Å². The van der Waals surface area contributed by atoms with Gasteiger partial charge < -0.3 is 25.8 Å². The van der Waals surface area contributed by atoms with Crippen molar-refractivity contribution in [2.45, 2.75) is 84.3 Å². The number of hydrogen-bond donors (Lipinski definition) is 6. The zero-order chi connectivity index (χ0) is 27.8. The van der Waals surface area contributed by atoms with Crippen molar-refractivity contribution in [3.05, 3.63) is 35.9 Å². The first kappa shape index (κ1) is 30.6. The van der Waals surface area contributed by atoms with Gasteiger partial charge in [0, 0.05) is 5.92 Å². The quantitative estimate of drug-likeness (QED) is 0.237. The molecule has 4 atom stereocenters. The molecule has 1 heterocycles. The topological polar surface area (TPSA) is 146 Å². The van der Waals surface area contributed by atoms with Gasteiger partial charge in [-0.2, -0.15) is 0 Å². The van der Waals surface area contributed by atoms with Crippen molar-refractivity contribution in [2.75, 3.05) is 6.54 Å². The second-order valence-corrected chi connectivity index (χ2v) is 11.6. The lowest BCUT2D eigenvalue weighted by Gasteiger charge is -2.31. The molecule has 11 heteroatoms.